The first-order valence-corrected chi connectivity index (χ1v) is 6.61. The number of morpholine rings is 1. The Morgan fingerprint density at radius 2 is 1.95 bits per heavy atom. The molecule has 1 aromatic rings. The molecule has 0 aromatic heterocycles. The van der Waals surface area contributed by atoms with Gasteiger partial charge < -0.3 is 24.6 Å². The van der Waals surface area contributed by atoms with E-state index in [4.69, 9.17) is 14.6 Å². The lowest BCUT2D eigenvalue weighted by Crippen LogP contribution is -2.57. The minimum atomic E-state index is -1.24. The zero-order chi connectivity index (χ0) is 15.0. The lowest BCUT2D eigenvalue weighted by Gasteiger charge is -2.37. The zero-order valence-corrected chi connectivity index (χ0v) is 11.1. The summed E-state index contributed by atoms with van der Waals surface area (Å²) in [5, 5.41) is 18.7. The van der Waals surface area contributed by atoms with Gasteiger partial charge in [0, 0.05) is 6.54 Å². The molecule has 2 bridgehead atoms. The number of aliphatic carboxylic acids is 1. The number of benzene rings is 1. The second-order valence-corrected chi connectivity index (χ2v) is 5.03. The van der Waals surface area contributed by atoms with Crippen molar-refractivity contribution in [2.24, 2.45) is 0 Å². The van der Waals surface area contributed by atoms with E-state index < -0.39 is 36.4 Å². The molecule has 2 saturated heterocycles. The van der Waals surface area contributed by atoms with Crippen LogP contribution in [0.4, 0.5) is 0 Å². The van der Waals surface area contributed by atoms with E-state index in [1.807, 2.05) is 30.3 Å². The number of rotatable bonds is 4. The molecule has 0 saturated carbocycles. The number of carbonyl (C=O) groups is 2. The third kappa shape index (κ3) is 2.39. The number of nitrogens with zero attached hydrogens (tertiary/aromatic N) is 1. The van der Waals surface area contributed by atoms with Gasteiger partial charge in [0.25, 0.3) is 5.91 Å². The molecule has 0 radical (unpaired) electrons. The fourth-order valence-electron chi connectivity index (χ4n) is 2.72. The molecule has 1 amide bonds. The molecule has 2 aliphatic heterocycles. The number of hydrogen-bond acceptors (Lipinski definition) is 5. The molecule has 0 unspecified atom stereocenters. The van der Waals surface area contributed by atoms with Gasteiger partial charge in [0.15, 0.2) is 6.10 Å². The molecular formula is C14H15NO6. The Labute approximate surface area is 120 Å². The van der Waals surface area contributed by atoms with Gasteiger partial charge in [0.1, 0.15) is 6.10 Å². The Hall–Kier alpha value is -1.96. The number of carboxylic acids is 1. The quantitative estimate of drug-likeness (QED) is 0.783. The Bertz CT molecular complexity index is 548. The molecule has 0 spiro atoms. The van der Waals surface area contributed by atoms with Gasteiger partial charge in [-0.1, -0.05) is 30.3 Å². The Kier molecular flexibility index (Phi) is 3.62. The number of carbonyl (C=O) groups excluding carboxylic acids is 1. The number of aliphatic hydroxyl groups excluding tert-OH is 1. The van der Waals surface area contributed by atoms with Crippen molar-refractivity contribution >= 4 is 11.9 Å². The summed E-state index contributed by atoms with van der Waals surface area (Å²) in [6, 6.07) is 8.53. The predicted molar refractivity (Wildman–Crippen MR) is 69.0 cm³/mol. The van der Waals surface area contributed by atoms with Gasteiger partial charge in [-0.25, -0.2) is 4.79 Å². The van der Waals surface area contributed by atoms with E-state index in [9.17, 15) is 14.7 Å². The first kappa shape index (κ1) is 14.0. The van der Waals surface area contributed by atoms with Gasteiger partial charge >= 0.3 is 5.97 Å². The third-order valence-electron chi connectivity index (χ3n) is 3.74. The van der Waals surface area contributed by atoms with Crippen molar-refractivity contribution in [3.05, 3.63) is 35.9 Å². The minimum absolute atomic E-state index is 0.275. The van der Waals surface area contributed by atoms with Crippen molar-refractivity contribution in [2.45, 2.75) is 31.1 Å². The first-order valence-electron chi connectivity index (χ1n) is 6.61. The first-order chi connectivity index (χ1) is 10.1. The van der Waals surface area contributed by atoms with Crippen molar-refractivity contribution in [3.63, 3.8) is 0 Å². The van der Waals surface area contributed by atoms with Gasteiger partial charge in [-0.15, -0.1) is 0 Å². The highest BCUT2D eigenvalue weighted by Crippen LogP contribution is 2.32. The van der Waals surface area contributed by atoms with E-state index in [1.54, 1.807) is 0 Å². The molecule has 2 aliphatic rings. The minimum Gasteiger partial charge on any atom is -0.479 e. The molecule has 3 rings (SSSR count). The number of carboxylic acid groups (broad SMARTS) is 1. The Morgan fingerprint density at radius 1 is 1.24 bits per heavy atom. The van der Waals surface area contributed by atoms with E-state index in [0.717, 1.165) is 5.56 Å². The molecule has 7 heteroatoms. The van der Waals surface area contributed by atoms with Crippen LogP contribution < -0.4 is 0 Å². The molecule has 1 aromatic carbocycles. The molecule has 2 fully saturated rings. The van der Waals surface area contributed by atoms with Gasteiger partial charge in [0.2, 0.25) is 6.29 Å². The zero-order valence-electron chi connectivity index (χ0n) is 11.1. The highest BCUT2D eigenvalue weighted by Gasteiger charge is 2.55. The van der Waals surface area contributed by atoms with Crippen molar-refractivity contribution in [1.29, 1.82) is 0 Å². The van der Waals surface area contributed by atoms with Crippen LogP contribution in [0.25, 0.3) is 0 Å². The number of hydrogen-bond donors (Lipinski definition) is 2. The lowest BCUT2D eigenvalue weighted by atomic mass is 10.0. The van der Waals surface area contributed by atoms with Crippen LogP contribution in [0.5, 0.6) is 0 Å². The largest absolute Gasteiger partial charge is 0.479 e. The topological polar surface area (TPSA) is 96.3 Å². The highest BCUT2D eigenvalue weighted by atomic mass is 16.7. The Balaban J connectivity index is 1.86. The number of amides is 1. The summed E-state index contributed by atoms with van der Waals surface area (Å²) in [4.78, 5) is 24.9. The van der Waals surface area contributed by atoms with Crippen LogP contribution in [0.15, 0.2) is 30.3 Å². The summed E-state index contributed by atoms with van der Waals surface area (Å²) in [6.07, 6.45) is -3.31. The standard InChI is InChI=1S/C14H15NO6/c16-7-9-10-11(13(18)19)21-14(20-10)12(17)15(9)6-8-4-2-1-3-5-8/h1-5,9-11,14,16H,6-7H2,(H,18,19)/t9-,10-,11-,14+/m1/s1. The maximum absolute atomic E-state index is 12.3. The van der Waals surface area contributed by atoms with E-state index in [2.05, 4.69) is 0 Å². The van der Waals surface area contributed by atoms with Crippen LogP contribution >= 0.6 is 0 Å². The number of fused-ring (bicyclic) bond motifs is 2. The number of ether oxygens (including phenoxy) is 2. The summed E-state index contributed by atoms with van der Waals surface area (Å²) in [7, 11) is 0. The number of aliphatic hydroxyl groups is 1. The third-order valence-corrected chi connectivity index (χ3v) is 3.74. The van der Waals surface area contributed by atoms with Crippen molar-refractivity contribution in [3.8, 4) is 0 Å². The van der Waals surface area contributed by atoms with E-state index in [0.29, 0.717) is 0 Å². The van der Waals surface area contributed by atoms with E-state index in [-0.39, 0.29) is 13.2 Å². The molecule has 4 atom stereocenters. The summed E-state index contributed by atoms with van der Waals surface area (Å²) in [6.45, 7) is -0.111. The van der Waals surface area contributed by atoms with Crippen molar-refractivity contribution in [1.82, 2.24) is 4.90 Å². The molecular weight excluding hydrogens is 278 g/mol. The summed E-state index contributed by atoms with van der Waals surface area (Å²) >= 11 is 0. The summed E-state index contributed by atoms with van der Waals surface area (Å²) in [5.41, 5.74) is 0.887. The second-order valence-electron chi connectivity index (χ2n) is 5.03. The molecule has 7 nitrogen and oxygen atoms in total. The maximum Gasteiger partial charge on any atom is 0.335 e. The predicted octanol–water partition coefficient (Wildman–Crippen LogP) is -0.416. The molecule has 112 valence electrons. The summed E-state index contributed by atoms with van der Waals surface area (Å²) in [5.74, 6) is -1.66. The molecule has 2 heterocycles. The Morgan fingerprint density at radius 3 is 2.57 bits per heavy atom. The van der Waals surface area contributed by atoms with Gasteiger partial charge in [-0.2, -0.15) is 0 Å². The van der Waals surface area contributed by atoms with Crippen LogP contribution in [0.2, 0.25) is 0 Å². The fraction of sp³-hybridized carbons (Fsp3) is 0.429. The molecule has 2 N–H and O–H groups in total. The fourth-order valence-corrected chi connectivity index (χ4v) is 2.72. The van der Waals surface area contributed by atoms with Crippen LogP contribution in [-0.2, 0) is 25.6 Å². The highest BCUT2D eigenvalue weighted by molar-refractivity contribution is 5.83. The van der Waals surface area contributed by atoms with E-state index >= 15 is 0 Å². The van der Waals surface area contributed by atoms with Crippen LogP contribution in [0.1, 0.15) is 5.56 Å². The SMILES string of the molecule is O=C(O)[C@@H]1O[C@@H]2O[C@@H]1[C@@H](CO)N(Cc1ccccc1)C2=O. The van der Waals surface area contributed by atoms with Gasteiger partial charge in [-0.3, -0.25) is 4.79 Å². The second kappa shape index (κ2) is 5.44. The van der Waals surface area contributed by atoms with Crippen molar-refractivity contribution < 1.29 is 29.3 Å². The lowest BCUT2D eigenvalue weighted by molar-refractivity contribution is -0.181. The normalized spacial score (nSPS) is 31.5. The van der Waals surface area contributed by atoms with Crippen LogP contribution in [0.3, 0.4) is 0 Å². The molecule has 0 aliphatic carbocycles. The summed E-state index contributed by atoms with van der Waals surface area (Å²) < 4.78 is 10.4. The van der Waals surface area contributed by atoms with Crippen LogP contribution in [0, 0.1) is 0 Å². The average molecular weight is 293 g/mol. The van der Waals surface area contributed by atoms with Gasteiger partial charge in [-0.05, 0) is 5.56 Å². The maximum atomic E-state index is 12.3. The monoisotopic (exact) mass is 293 g/mol. The smallest absolute Gasteiger partial charge is 0.335 e. The van der Waals surface area contributed by atoms with Crippen LogP contribution in [-0.4, -0.2) is 58.1 Å². The average Bonchev–Trinajstić information content (AvgIpc) is 2.88. The van der Waals surface area contributed by atoms with E-state index in [1.165, 1.54) is 4.90 Å². The molecule has 21 heavy (non-hydrogen) atoms. The van der Waals surface area contributed by atoms with Crippen molar-refractivity contribution in [2.75, 3.05) is 6.61 Å². The van der Waals surface area contributed by atoms with Gasteiger partial charge in [0.05, 0.1) is 12.6 Å².